The molecule has 0 atom stereocenters. The largest absolute Gasteiger partial charge is 0.396 e. The van der Waals surface area contributed by atoms with Gasteiger partial charge in [0.15, 0.2) is 0 Å². The summed E-state index contributed by atoms with van der Waals surface area (Å²) in [6, 6.07) is 2.14. The molecule has 0 saturated carbocycles. The van der Waals surface area contributed by atoms with Crippen LogP contribution >= 0.6 is 11.3 Å². The maximum atomic E-state index is 12.1. The molecule has 0 saturated heterocycles. The molecule has 0 aliphatic carbocycles. The molecule has 0 unspecified atom stereocenters. The molecule has 114 valence electrons. The number of hydrogen-bond donors (Lipinski definition) is 2. The maximum absolute atomic E-state index is 12.1. The molecule has 0 fully saturated rings. The van der Waals surface area contributed by atoms with E-state index in [1.165, 1.54) is 11.3 Å². The molecule has 0 aromatic carbocycles. The Labute approximate surface area is 130 Å². The van der Waals surface area contributed by atoms with Crippen LogP contribution in [0.2, 0.25) is 0 Å². The lowest BCUT2D eigenvalue weighted by atomic mass is 10.2. The Bertz CT molecular complexity index is 539. The van der Waals surface area contributed by atoms with Crippen LogP contribution in [0.1, 0.15) is 41.9 Å². The second kappa shape index (κ2) is 8.32. The molecule has 0 spiro atoms. The average Bonchev–Trinajstić information content (AvgIpc) is 2.81. The van der Waals surface area contributed by atoms with Crippen molar-refractivity contribution in [1.29, 1.82) is 5.26 Å². The van der Waals surface area contributed by atoms with Gasteiger partial charge in [0.1, 0.15) is 21.5 Å². The Balaban J connectivity index is 3.18. The third-order valence-electron chi connectivity index (χ3n) is 2.93. The summed E-state index contributed by atoms with van der Waals surface area (Å²) in [6.07, 6.45) is 3.55. The molecule has 0 aliphatic rings. The molecule has 1 amide bonds. The van der Waals surface area contributed by atoms with Gasteiger partial charge in [-0.05, 0) is 12.8 Å². The number of carbonyl (C=O) groups is 1. The Morgan fingerprint density at radius 2 is 2.10 bits per heavy atom. The van der Waals surface area contributed by atoms with Crippen LogP contribution in [0.4, 0.5) is 10.7 Å². The number of nitrogens with one attached hydrogen (secondary N) is 1. The van der Waals surface area contributed by atoms with Gasteiger partial charge >= 0.3 is 0 Å². The summed E-state index contributed by atoms with van der Waals surface area (Å²) < 4.78 is 0. The summed E-state index contributed by atoms with van der Waals surface area (Å²) in [5.41, 5.74) is 6.67. The average molecular weight is 306 g/mol. The van der Waals surface area contributed by atoms with E-state index in [1.54, 1.807) is 6.08 Å². The van der Waals surface area contributed by atoms with Crippen LogP contribution in [0.5, 0.6) is 0 Å². The zero-order chi connectivity index (χ0) is 15.8. The van der Waals surface area contributed by atoms with Gasteiger partial charge in [-0.1, -0.05) is 19.9 Å². The number of nitrogen functional groups attached to an aromatic ring is 1. The highest BCUT2D eigenvalue weighted by Crippen LogP contribution is 2.38. The summed E-state index contributed by atoms with van der Waals surface area (Å²) in [4.78, 5) is 14.6. The molecule has 1 aromatic heterocycles. The van der Waals surface area contributed by atoms with Crippen molar-refractivity contribution in [3.8, 4) is 6.07 Å². The van der Waals surface area contributed by atoms with Gasteiger partial charge in [0.25, 0.3) is 5.91 Å². The monoisotopic (exact) mass is 306 g/mol. The first-order chi connectivity index (χ1) is 10.1. The number of nitrogens with zero attached hydrogens (tertiary/aromatic N) is 2. The Morgan fingerprint density at radius 1 is 1.48 bits per heavy atom. The van der Waals surface area contributed by atoms with Crippen LogP contribution in [0, 0.1) is 11.3 Å². The highest BCUT2D eigenvalue weighted by Gasteiger charge is 2.23. The van der Waals surface area contributed by atoms with Crippen molar-refractivity contribution >= 4 is 27.9 Å². The first kappa shape index (κ1) is 17.1. The van der Waals surface area contributed by atoms with Gasteiger partial charge in [-0.2, -0.15) is 5.26 Å². The molecule has 0 radical (unpaired) electrons. The van der Waals surface area contributed by atoms with E-state index in [-0.39, 0.29) is 11.6 Å². The molecular formula is C15H22N4OS. The van der Waals surface area contributed by atoms with Crippen molar-refractivity contribution in [1.82, 2.24) is 5.32 Å². The predicted octanol–water partition coefficient (Wildman–Crippen LogP) is 2.74. The van der Waals surface area contributed by atoms with E-state index >= 15 is 0 Å². The highest BCUT2D eigenvalue weighted by molar-refractivity contribution is 7.19. The molecule has 1 aromatic rings. The smallest absolute Gasteiger partial charge is 0.263 e. The second-order valence-electron chi connectivity index (χ2n) is 4.62. The van der Waals surface area contributed by atoms with Crippen LogP contribution < -0.4 is 16.0 Å². The van der Waals surface area contributed by atoms with E-state index in [0.717, 1.165) is 30.9 Å². The third kappa shape index (κ3) is 3.99. The van der Waals surface area contributed by atoms with Crippen LogP contribution in [-0.4, -0.2) is 25.5 Å². The minimum atomic E-state index is -0.256. The molecule has 5 nitrogen and oxygen atoms in total. The van der Waals surface area contributed by atoms with E-state index in [2.05, 4.69) is 36.7 Å². The molecular weight excluding hydrogens is 284 g/mol. The molecule has 3 N–H and O–H groups in total. The minimum Gasteiger partial charge on any atom is -0.396 e. The number of amides is 1. The summed E-state index contributed by atoms with van der Waals surface area (Å²) in [6.45, 7) is 9.80. The van der Waals surface area contributed by atoms with Crippen LogP contribution in [-0.2, 0) is 0 Å². The Morgan fingerprint density at radius 3 is 2.57 bits per heavy atom. The number of nitriles is 1. The van der Waals surface area contributed by atoms with E-state index in [4.69, 9.17) is 5.73 Å². The van der Waals surface area contributed by atoms with Crippen molar-refractivity contribution in [3.63, 3.8) is 0 Å². The van der Waals surface area contributed by atoms with Crippen molar-refractivity contribution in [2.24, 2.45) is 0 Å². The fraction of sp³-hybridized carbons (Fsp3) is 0.467. The van der Waals surface area contributed by atoms with Crippen molar-refractivity contribution in [2.45, 2.75) is 26.7 Å². The SMILES string of the molecule is C=CCNC(=O)c1sc(N(CCC)CCC)c(C#N)c1N. The highest BCUT2D eigenvalue weighted by atomic mass is 32.1. The summed E-state index contributed by atoms with van der Waals surface area (Å²) in [5, 5.41) is 12.9. The predicted molar refractivity (Wildman–Crippen MR) is 88.8 cm³/mol. The zero-order valence-electron chi connectivity index (χ0n) is 12.6. The first-order valence-electron chi connectivity index (χ1n) is 7.06. The van der Waals surface area contributed by atoms with Gasteiger partial charge in [0.2, 0.25) is 0 Å². The standard InChI is InChI=1S/C15H22N4OS/c1-4-7-18-14(20)13-12(17)11(10-16)15(21-13)19(8-5-2)9-6-3/h4H,1,5-9,17H2,2-3H3,(H,18,20). The number of nitrogens with two attached hydrogens (primary N) is 1. The Kier molecular flexibility index (Phi) is 6.76. The van der Waals surface area contributed by atoms with Gasteiger partial charge in [-0.15, -0.1) is 17.9 Å². The fourth-order valence-electron chi connectivity index (χ4n) is 2.03. The summed E-state index contributed by atoms with van der Waals surface area (Å²) in [5.74, 6) is -0.256. The van der Waals surface area contributed by atoms with E-state index < -0.39 is 0 Å². The van der Waals surface area contributed by atoms with Crippen molar-refractivity contribution < 1.29 is 4.79 Å². The third-order valence-corrected chi connectivity index (χ3v) is 4.19. The second-order valence-corrected chi connectivity index (χ2v) is 5.62. The lowest BCUT2D eigenvalue weighted by Crippen LogP contribution is -2.24. The normalized spacial score (nSPS) is 9.95. The van der Waals surface area contributed by atoms with Crippen LogP contribution in [0.3, 0.4) is 0 Å². The number of rotatable bonds is 8. The Hall–Kier alpha value is -2.00. The lowest BCUT2D eigenvalue weighted by Gasteiger charge is -2.22. The van der Waals surface area contributed by atoms with Crippen molar-refractivity contribution in [3.05, 3.63) is 23.1 Å². The zero-order valence-corrected chi connectivity index (χ0v) is 13.4. The first-order valence-corrected chi connectivity index (χ1v) is 7.88. The lowest BCUT2D eigenvalue weighted by molar-refractivity contribution is 0.0963. The fourth-order valence-corrected chi connectivity index (χ4v) is 3.17. The quantitative estimate of drug-likeness (QED) is 0.723. The van der Waals surface area contributed by atoms with Gasteiger partial charge in [0.05, 0.1) is 5.69 Å². The molecule has 0 aliphatic heterocycles. The molecule has 6 heteroatoms. The molecule has 1 rings (SSSR count). The minimum absolute atomic E-state index is 0.256. The van der Waals surface area contributed by atoms with Crippen LogP contribution in [0.25, 0.3) is 0 Å². The number of carbonyl (C=O) groups excluding carboxylic acids is 1. The van der Waals surface area contributed by atoms with Gasteiger partial charge in [-0.25, -0.2) is 0 Å². The van der Waals surface area contributed by atoms with E-state index in [0.29, 0.717) is 17.0 Å². The van der Waals surface area contributed by atoms with Crippen molar-refractivity contribution in [2.75, 3.05) is 30.3 Å². The maximum Gasteiger partial charge on any atom is 0.263 e. The summed E-state index contributed by atoms with van der Waals surface area (Å²) in [7, 11) is 0. The number of hydrogen-bond acceptors (Lipinski definition) is 5. The van der Waals surface area contributed by atoms with Gasteiger partial charge in [-0.3, -0.25) is 4.79 Å². The summed E-state index contributed by atoms with van der Waals surface area (Å²) >= 11 is 1.29. The topological polar surface area (TPSA) is 82.2 Å². The van der Waals surface area contributed by atoms with E-state index in [1.807, 2.05) is 0 Å². The number of thiophene rings is 1. The van der Waals surface area contributed by atoms with Crippen LogP contribution in [0.15, 0.2) is 12.7 Å². The van der Waals surface area contributed by atoms with Gasteiger partial charge in [0, 0.05) is 19.6 Å². The molecule has 1 heterocycles. The number of anilines is 2. The molecule has 0 bridgehead atoms. The molecule has 21 heavy (non-hydrogen) atoms. The van der Waals surface area contributed by atoms with E-state index in [9.17, 15) is 10.1 Å². The van der Waals surface area contributed by atoms with Gasteiger partial charge < -0.3 is 16.0 Å².